The Labute approximate surface area is 194 Å². The first-order valence-electron chi connectivity index (χ1n) is 12.1. The summed E-state index contributed by atoms with van der Waals surface area (Å²) in [6.45, 7) is 1.57. The molecule has 1 aromatic heterocycles. The van der Waals surface area contributed by atoms with Crippen molar-refractivity contribution in [1.82, 2.24) is 15.2 Å². The highest BCUT2D eigenvalue weighted by Crippen LogP contribution is 2.34. The molecule has 1 aliphatic carbocycles. The Hall–Kier alpha value is -3.22. The van der Waals surface area contributed by atoms with Crippen LogP contribution in [-0.4, -0.2) is 46.7 Å². The van der Waals surface area contributed by atoms with Crippen LogP contribution >= 0.6 is 0 Å². The van der Waals surface area contributed by atoms with Crippen molar-refractivity contribution in [3.8, 4) is 0 Å². The van der Waals surface area contributed by atoms with E-state index in [-0.39, 0.29) is 30.2 Å². The van der Waals surface area contributed by atoms with E-state index in [1.54, 1.807) is 18.5 Å². The van der Waals surface area contributed by atoms with Crippen molar-refractivity contribution in [2.24, 2.45) is 5.92 Å². The van der Waals surface area contributed by atoms with Crippen LogP contribution in [0.15, 0.2) is 42.7 Å². The van der Waals surface area contributed by atoms with Crippen molar-refractivity contribution < 1.29 is 14.4 Å². The Morgan fingerprint density at radius 2 is 1.76 bits per heavy atom. The van der Waals surface area contributed by atoms with E-state index < -0.39 is 0 Å². The zero-order chi connectivity index (χ0) is 22.8. The molecule has 1 saturated carbocycles. The van der Waals surface area contributed by atoms with Crippen molar-refractivity contribution in [3.63, 3.8) is 0 Å². The summed E-state index contributed by atoms with van der Waals surface area (Å²) in [5.74, 6) is -0.508. The minimum Gasteiger partial charge on any atom is -0.370 e. The molecule has 1 unspecified atom stereocenters. The van der Waals surface area contributed by atoms with E-state index >= 15 is 0 Å². The second kappa shape index (κ2) is 9.33. The SMILES string of the molecule is O=C(NC1CCCCC1)C1CCCN(c2cccc3c2C(=O)N(Cc2ccncc2)C3=O)C1. The number of anilines is 1. The summed E-state index contributed by atoms with van der Waals surface area (Å²) in [5, 5.41) is 3.26. The van der Waals surface area contributed by atoms with E-state index in [9.17, 15) is 14.4 Å². The van der Waals surface area contributed by atoms with Gasteiger partial charge in [-0.15, -0.1) is 0 Å². The highest BCUT2D eigenvalue weighted by Gasteiger charge is 2.39. The zero-order valence-corrected chi connectivity index (χ0v) is 18.8. The molecule has 1 atom stereocenters. The predicted molar refractivity (Wildman–Crippen MR) is 125 cm³/mol. The van der Waals surface area contributed by atoms with Crippen molar-refractivity contribution in [3.05, 3.63) is 59.4 Å². The maximum atomic E-state index is 13.3. The molecular weight excluding hydrogens is 416 g/mol. The quantitative estimate of drug-likeness (QED) is 0.711. The summed E-state index contributed by atoms with van der Waals surface area (Å²) in [7, 11) is 0. The number of benzene rings is 1. The molecule has 3 amide bonds. The topological polar surface area (TPSA) is 82.6 Å². The third-order valence-electron chi connectivity index (χ3n) is 7.15. The number of carbonyl (C=O) groups excluding carboxylic acids is 3. The molecule has 5 rings (SSSR count). The van der Waals surface area contributed by atoms with Gasteiger partial charge in [0.05, 0.1) is 29.3 Å². The number of hydrogen-bond donors (Lipinski definition) is 1. The van der Waals surface area contributed by atoms with Gasteiger partial charge in [-0.05, 0) is 55.5 Å². The lowest BCUT2D eigenvalue weighted by Crippen LogP contribution is -2.46. The third-order valence-corrected chi connectivity index (χ3v) is 7.15. The zero-order valence-electron chi connectivity index (χ0n) is 18.8. The number of aromatic nitrogens is 1. The smallest absolute Gasteiger partial charge is 0.263 e. The van der Waals surface area contributed by atoms with Gasteiger partial charge in [-0.2, -0.15) is 0 Å². The fourth-order valence-electron chi connectivity index (χ4n) is 5.37. The van der Waals surface area contributed by atoms with E-state index in [1.165, 1.54) is 24.2 Å². The Morgan fingerprint density at radius 3 is 2.55 bits per heavy atom. The molecule has 0 spiro atoms. The summed E-state index contributed by atoms with van der Waals surface area (Å²) >= 11 is 0. The molecule has 2 aromatic rings. The van der Waals surface area contributed by atoms with Gasteiger partial charge >= 0.3 is 0 Å². The average Bonchev–Trinajstić information content (AvgIpc) is 3.10. The van der Waals surface area contributed by atoms with Gasteiger partial charge < -0.3 is 10.2 Å². The number of hydrogen-bond acceptors (Lipinski definition) is 5. The number of fused-ring (bicyclic) bond motifs is 1. The van der Waals surface area contributed by atoms with E-state index in [0.29, 0.717) is 23.7 Å². The maximum absolute atomic E-state index is 13.3. The molecule has 1 N–H and O–H groups in total. The van der Waals surface area contributed by atoms with Crippen LogP contribution in [0.1, 0.15) is 71.2 Å². The fraction of sp³-hybridized carbons (Fsp3) is 0.462. The van der Waals surface area contributed by atoms with Crippen LogP contribution in [0.25, 0.3) is 0 Å². The number of carbonyl (C=O) groups is 3. The fourth-order valence-corrected chi connectivity index (χ4v) is 5.37. The van der Waals surface area contributed by atoms with Gasteiger partial charge in [0.1, 0.15) is 0 Å². The molecule has 7 nitrogen and oxygen atoms in total. The summed E-state index contributed by atoms with van der Waals surface area (Å²) < 4.78 is 0. The first kappa shape index (κ1) is 21.6. The van der Waals surface area contributed by atoms with Gasteiger partial charge in [0, 0.05) is 31.5 Å². The number of nitrogens with zero attached hydrogens (tertiary/aromatic N) is 3. The average molecular weight is 447 g/mol. The predicted octanol–water partition coefficient (Wildman–Crippen LogP) is 3.54. The van der Waals surface area contributed by atoms with Crippen LogP contribution < -0.4 is 10.2 Å². The second-order valence-electron chi connectivity index (χ2n) is 9.38. The lowest BCUT2D eigenvalue weighted by atomic mass is 9.92. The lowest BCUT2D eigenvalue weighted by molar-refractivity contribution is -0.126. The van der Waals surface area contributed by atoms with Gasteiger partial charge in [-0.1, -0.05) is 25.3 Å². The summed E-state index contributed by atoms with van der Waals surface area (Å²) in [5.41, 5.74) is 2.53. The van der Waals surface area contributed by atoms with Gasteiger partial charge in [0.25, 0.3) is 11.8 Å². The molecular formula is C26H30N4O3. The monoisotopic (exact) mass is 446 g/mol. The first-order valence-corrected chi connectivity index (χ1v) is 12.1. The van der Waals surface area contributed by atoms with Crippen molar-refractivity contribution >= 4 is 23.4 Å². The Balaban J connectivity index is 1.33. The second-order valence-corrected chi connectivity index (χ2v) is 9.38. The molecule has 172 valence electrons. The number of rotatable bonds is 5. The summed E-state index contributed by atoms with van der Waals surface area (Å²) in [6.07, 6.45) is 10.8. The van der Waals surface area contributed by atoms with Crippen LogP contribution in [-0.2, 0) is 11.3 Å². The van der Waals surface area contributed by atoms with Gasteiger partial charge in [0.15, 0.2) is 0 Å². The van der Waals surface area contributed by atoms with Gasteiger partial charge in [-0.25, -0.2) is 0 Å². The molecule has 3 heterocycles. The maximum Gasteiger partial charge on any atom is 0.263 e. The molecule has 7 heteroatoms. The van der Waals surface area contributed by atoms with Crippen LogP contribution in [0.2, 0.25) is 0 Å². The number of nitrogens with one attached hydrogen (secondary N) is 1. The molecule has 2 aliphatic heterocycles. The minimum atomic E-state index is -0.267. The summed E-state index contributed by atoms with van der Waals surface area (Å²) in [4.78, 5) is 46.8. The number of amides is 3. The van der Waals surface area contributed by atoms with Crippen molar-refractivity contribution in [2.75, 3.05) is 18.0 Å². The van der Waals surface area contributed by atoms with Crippen LogP contribution in [0.5, 0.6) is 0 Å². The standard InChI is InChI=1S/C26H30N4O3/c31-24(28-20-7-2-1-3-8-20)19-6-5-15-29(17-19)22-10-4-9-21-23(22)26(33)30(25(21)32)16-18-11-13-27-14-12-18/h4,9-14,19-20H,1-3,5-8,15-17H2,(H,28,31). The summed E-state index contributed by atoms with van der Waals surface area (Å²) in [6, 6.07) is 9.38. The Kier molecular flexibility index (Phi) is 6.11. The molecule has 33 heavy (non-hydrogen) atoms. The Bertz CT molecular complexity index is 1050. The highest BCUT2D eigenvalue weighted by molar-refractivity contribution is 6.23. The molecule has 0 radical (unpaired) electrons. The van der Waals surface area contributed by atoms with Gasteiger partial charge in [-0.3, -0.25) is 24.3 Å². The van der Waals surface area contributed by atoms with E-state index in [0.717, 1.165) is 43.5 Å². The number of pyridine rings is 1. The van der Waals surface area contributed by atoms with E-state index in [4.69, 9.17) is 0 Å². The third kappa shape index (κ3) is 4.36. The Morgan fingerprint density at radius 1 is 0.970 bits per heavy atom. The number of imide groups is 1. The van der Waals surface area contributed by atoms with Crippen LogP contribution in [0, 0.1) is 5.92 Å². The van der Waals surface area contributed by atoms with Crippen LogP contribution in [0.3, 0.4) is 0 Å². The number of piperidine rings is 1. The molecule has 1 aromatic carbocycles. The van der Waals surface area contributed by atoms with E-state index in [1.807, 2.05) is 24.3 Å². The van der Waals surface area contributed by atoms with Crippen LogP contribution in [0.4, 0.5) is 5.69 Å². The molecule has 1 saturated heterocycles. The lowest BCUT2D eigenvalue weighted by Gasteiger charge is -2.35. The molecule has 2 fully saturated rings. The first-order chi connectivity index (χ1) is 16.1. The van der Waals surface area contributed by atoms with Gasteiger partial charge in [0.2, 0.25) is 5.91 Å². The highest BCUT2D eigenvalue weighted by atomic mass is 16.2. The largest absolute Gasteiger partial charge is 0.370 e. The van der Waals surface area contributed by atoms with Crippen molar-refractivity contribution in [2.45, 2.75) is 57.5 Å². The van der Waals surface area contributed by atoms with E-state index in [2.05, 4.69) is 15.2 Å². The minimum absolute atomic E-state index is 0.100. The molecule has 0 bridgehead atoms. The normalized spacial score (nSPS) is 21.3. The van der Waals surface area contributed by atoms with Crippen molar-refractivity contribution in [1.29, 1.82) is 0 Å². The molecule has 3 aliphatic rings.